The van der Waals surface area contributed by atoms with Gasteiger partial charge in [0.1, 0.15) is 6.61 Å². The molecule has 11 heteroatoms. The molecule has 0 bridgehead atoms. The van der Waals surface area contributed by atoms with Crippen LogP contribution in [0.15, 0.2) is 70.0 Å². The maximum atomic E-state index is 12.8. The Bertz CT molecular complexity index is 1310. The number of anilines is 1. The predicted molar refractivity (Wildman–Crippen MR) is 136 cm³/mol. The standard InChI is InChI=1S/C23H13BrCl2N2O5S/c24-18-9-14(10-19(26)21(18)33-12-13-1-5-17(6-2-13)28(31)32)11-20-22(29)27(23(30)34-20)16-7-3-15(25)4-8-16/h1-11H,12H2/b20-11+. The van der Waals surface area contributed by atoms with E-state index < -0.39 is 16.1 Å². The van der Waals surface area contributed by atoms with Gasteiger partial charge in [-0.25, -0.2) is 4.90 Å². The van der Waals surface area contributed by atoms with E-state index in [-0.39, 0.29) is 17.2 Å². The number of nitro groups is 1. The lowest BCUT2D eigenvalue weighted by Crippen LogP contribution is -2.27. The highest BCUT2D eigenvalue weighted by atomic mass is 79.9. The molecule has 3 aromatic rings. The second-order valence-corrected chi connectivity index (χ2v) is 9.71. The van der Waals surface area contributed by atoms with E-state index in [1.165, 1.54) is 12.1 Å². The topological polar surface area (TPSA) is 89.7 Å². The number of nitro benzene ring substituents is 1. The number of amides is 2. The summed E-state index contributed by atoms with van der Waals surface area (Å²) >= 11 is 16.5. The van der Waals surface area contributed by atoms with Gasteiger partial charge < -0.3 is 4.74 Å². The first-order valence-electron chi connectivity index (χ1n) is 9.61. The van der Waals surface area contributed by atoms with Gasteiger partial charge in [0.2, 0.25) is 0 Å². The van der Waals surface area contributed by atoms with Crippen molar-refractivity contribution in [3.05, 3.63) is 101 Å². The van der Waals surface area contributed by atoms with Crippen LogP contribution < -0.4 is 9.64 Å². The van der Waals surface area contributed by atoms with Crippen molar-refractivity contribution in [3.63, 3.8) is 0 Å². The average molecular weight is 580 g/mol. The number of carbonyl (C=O) groups is 2. The number of imide groups is 1. The smallest absolute Gasteiger partial charge is 0.298 e. The fourth-order valence-corrected chi connectivity index (χ4v) is 5.06. The normalized spacial score (nSPS) is 14.7. The maximum Gasteiger partial charge on any atom is 0.298 e. The summed E-state index contributed by atoms with van der Waals surface area (Å²) in [6.45, 7) is 0.148. The van der Waals surface area contributed by atoms with Crippen LogP contribution >= 0.6 is 50.9 Å². The number of carbonyl (C=O) groups excluding carboxylic acids is 2. The predicted octanol–water partition coefficient (Wildman–Crippen LogP) is 7.48. The van der Waals surface area contributed by atoms with E-state index in [2.05, 4.69) is 15.9 Å². The van der Waals surface area contributed by atoms with Gasteiger partial charge in [-0.15, -0.1) is 0 Å². The number of ether oxygens (including phenoxy) is 1. The number of halogens is 3. The maximum absolute atomic E-state index is 12.8. The van der Waals surface area contributed by atoms with E-state index in [4.69, 9.17) is 27.9 Å². The van der Waals surface area contributed by atoms with E-state index in [0.717, 1.165) is 22.2 Å². The van der Waals surface area contributed by atoms with Gasteiger partial charge >= 0.3 is 0 Å². The Morgan fingerprint density at radius 3 is 2.35 bits per heavy atom. The van der Waals surface area contributed by atoms with Crippen molar-refractivity contribution >= 4 is 79.5 Å². The number of thioether (sulfide) groups is 1. The molecule has 0 aliphatic carbocycles. The Kier molecular flexibility index (Phi) is 7.27. The zero-order chi connectivity index (χ0) is 24.4. The summed E-state index contributed by atoms with van der Waals surface area (Å²) in [6.07, 6.45) is 1.58. The number of rotatable bonds is 6. The van der Waals surface area contributed by atoms with Crippen molar-refractivity contribution in [2.45, 2.75) is 6.61 Å². The van der Waals surface area contributed by atoms with Crippen LogP contribution in [-0.2, 0) is 11.4 Å². The molecule has 1 aliphatic rings. The average Bonchev–Trinajstić information content (AvgIpc) is 3.07. The van der Waals surface area contributed by atoms with E-state index in [1.54, 1.807) is 54.6 Å². The van der Waals surface area contributed by atoms with Crippen molar-refractivity contribution in [1.82, 2.24) is 0 Å². The summed E-state index contributed by atoms with van der Waals surface area (Å²) in [4.78, 5) is 36.9. The van der Waals surface area contributed by atoms with Gasteiger partial charge in [-0.3, -0.25) is 19.7 Å². The van der Waals surface area contributed by atoms with Crippen molar-refractivity contribution in [1.29, 1.82) is 0 Å². The molecule has 34 heavy (non-hydrogen) atoms. The van der Waals surface area contributed by atoms with Crippen LogP contribution in [0.25, 0.3) is 6.08 Å². The highest BCUT2D eigenvalue weighted by Crippen LogP contribution is 2.39. The zero-order valence-corrected chi connectivity index (χ0v) is 21.0. The van der Waals surface area contributed by atoms with Crippen LogP contribution in [0, 0.1) is 10.1 Å². The highest BCUT2D eigenvalue weighted by Gasteiger charge is 2.36. The minimum absolute atomic E-state index is 0.00667. The molecule has 0 aromatic heterocycles. The lowest BCUT2D eigenvalue weighted by Gasteiger charge is -2.12. The van der Waals surface area contributed by atoms with E-state index >= 15 is 0 Å². The third-order valence-electron chi connectivity index (χ3n) is 4.73. The zero-order valence-electron chi connectivity index (χ0n) is 17.0. The first kappa shape index (κ1) is 24.3. The molecule has 1 saturated heterocycles. The monoisotopic (exact) mass is 578 g/mol. The molecule has 0 N–H and O–H groups in total. The number of non-ortho nitro benzene ring substituents is 1. The molecule has 4 rings (SSSR count). The molecular weight excluding hydrogens is 567 g/mol. The molecule has 1 fully saturated rings. The molecule has 7 nitrogen and oxygen atoms in total. The van der Waals surface area contributed by atoms with Gasteiger partial charge in [0.05, 0.1) is 25.0 Å². The summed E-state index contributed by atoms with van der Waals surface area (Å²) in [5, 5.41) is 11.2. The lowest BCUT2D eigenvalue weighted by molar-refractivity contribution is -0.384. The van der Waals surface area contributed by atoms with Gasteiger partial charge in [-0.2, -0.15) is 0 Å². The first-order valence-corrected chi connectivity index (χ1v) is 12.0. The van der Waals surface area contributed by atoms with Gasteiger partial charge in [-0.1, -0.05) is 23.2 Å². The first-order chi connectivity index (χ1) is 16.2. The third kappa shape index (κ3) is 5.28. The minimum Gasteiger partial charge on any atom is -0.486 e. The van der Waals surface area contributed by atoms with Gasteiger partial charge in [-0.05, 0) is 93.4 Å². The van der Waals surface area contributed by atoms with Crippen LogP contribution in [0.3, 0.4) is 0 Å². The minimum atomic E-state index is -0.471. The fourth-order valence-electron chi connectivity index (χ4n) is 3.10. The van der Waals surface area contributed by atoms with Crippen molar-refractivity contribution in [3.8, 4) is 5.75 Å². The largest absolute Gasteiger partial charge is 0.486 e. The molecule has 0 radical (unpaired) electrons. The molecule has 2 amide bonds. The summed E-state index contributed by atoms with van der Waals surface area (Å²) in [6, 6.07) is 15.8. The number of hydrogen-bond acceptors (Lipinski definition) is 6. The van der Waals surface area contributed by atoms with Crippen LogP contribution in [0.1, 0.15) is 11.1 Å². The highest BCUT2D eigenvalue weighted by molar-refractivity contribution is 9.10. The third-order valence-corrected chi connectivity index (χ3v) is 6.72. The van der Waals surface area contributed by atoms with Crippen LogP contribution in [-0.4, -0.2) is 16.1 Å². The molecular formula is C23H13BrCl2N2O5S. The molecule has 0 spiro atoms. The quantitative estimate of drug-likeness (QED) is 0.171. The van der Waals surface area contributed by atoms with E-state index in [0.29, 0.717) is 31.5 Å². The molecule has 1 aliphatic heterocycles. The summed E-state index contributed by atoms with van der Waals surface area (Å²) in [5.74, 6) is -0.0606. The molecule has 0 unspecified atom stereocenters. The van der Waals surface area contributed by atoms with Crippen molar-refractivity contribution in [2.75, 3.05) is 4.90 Å². The van der Waals surface area contributed by atoms with Gasteiger partial charge in [0.25, 0.3) is 16.8 Å². The molecule has 0 atom stereocenters. The number of benzene rings is 3. The summed E-state index contributed by atoms with van der Waals surface area (Å²) < 4.78 is 6.33. The Balaban J connectivity index is 1.51. The molecule has 1 heterocycles. The van der Waals surface area contributed by atoms with Gasteiger partial charge in [0.15, 0.2) is 5.75 Å². The Morgan fingerprint density at radius 2 is 1.74 bits per heavy atom. The molecule has 3 aromatic carbocycles. The van der Waals surface area contributed by atoms with Crippen molar-refractivity contribution < 1.29 is 19.2 Å². The van der Waals surface area contributed by atoms with Crippen molar-refractivity contribution in [2.24, 2.45) is 0 Å². The van der Waals surface area contributed by atoms with E-state index in [9.17, 15) is 19.7 Å². The molecule has 172 valence electrons. The number of nitrogens with zero attached hydrogens (tertiary/aromatic N) is 2. The fraction of sp³-hybridized carbons (Fsp3) is 0.0435. The Labute approximate surface area is 216 Å². The summed E-state index contributed by atoms with van der Waals surface area (Å²) in [7, 11) is 0. The summed E-state index contributed by atoms with van der Waals surface area (Å²) in [5.41, 5.74) is 1.76. The molecule has 0 saturated carbocycles. The second kappa shape index (κ2) is 10.2. The SMILES string of the molecule is O=C1S/C(=C/c2cc(Cl)c(OCc3ccc([N+](=O)[O-])cc3)c(Br)c2)C(=O)N1c1ccc(Cl)cc1. The van der Waals surface area contributed by atoms with Crippen LogP contribution in [0.4, 0.5) is 16.2 Å². The van der Waals surface area contributed by atoms with E-state index in [1.807, 2.05) is 0 Å². The second-order valence-electron chi connectivity index (χ2n) is 7.02. The lowest BCUT2D eigenvalue weighted by atomic mass is 10.2. The van der Waals surface area contributed by atoms with Crippen LogP contribution in [0.2, 0.25) is 10.0 Å². The van der Waals surface area contributed by atoms with Crippen LogP contribution in [0.5, 0.6) is 5.75 Å². The van der Waals surface area contributed by atoms with Gasteiger partial charge in [0, 0.05) is 17.2 Å². The Hall–Kier alpha value is -2.85. The number of hydrogen-bond donors (Lipinski definition) is 0. The Morgan fingerprint density at radius 1 is 1.06 bits per heavy atom.